The number of fused-ring (bicyclic) bond motifs is 3. The highest BCUT2D eigenvalue weighted by molar-refractivity contribution is 5.82. The van der Waals surface area contributed by atoms with Crippen molar-refractivity contribution in [2.24, 2.45) is 0 Å². The van der Waals surface area contributed by atoms with Crippen LogP contribution in [0.25, 0.3) is 16.7 Å². The molecule has 98 valence electrons. The number of benzene rings is 1. The first-order chi connectivity index (χ1) is 9.40. The molecule has 3 rings (SSSR count). The second-order valence-corrected chi connectivity index (χ2v) is 4.70. The van der Waals surface area contributed by atoms with Gasteiger partial charge in [-0.05, 0) is 18.6 Å². The van der Waals surface area contributed by atoms with Crippen LogP contribution >= 0.6 is 0 Å². The summed E-state index contributed by atoms with van der Waals surface area (Å²) in [5.74, 6) is 0.875. The molecule has 0 saturated carbocycles. The zero-order valence-corrected chi connectivity index (χ0v) is 11.1. The fourth-order valence-corrected chi connectivity index (χ4v) is 2.31. The minimum atomic E-state index is 0.875. The van der Waals surface area contributed by atoms with Crippen LogP contribution in [0.3, 0.4) is 0 Å². The van der Waals surface area contributed by atoms with Crippen molar-refractivity contribution in [3.05, 3.63) is 36.7 Å². The lowest BCUT2D eigenvalue weighted by atomic mass is 10.2. The Labute approximate surface area is 112 Å². The molecule has 0 fully saturated rings. The van der Waals surface area contributed by atoms with Crippen LogP contribution in [0.2, 0.25) is 0 Å². The van der Waals surface area contributed by atoms with Crippen LogP contribution < -0.4 is 5.32 Å². The first kappa shape index (κ1) is 12.0. The highest BCUT2D eigenvalue weighted by atomic mass is 15.1. The van der Waals surface area contributed by atoms with E-state index in [1.165, 1.54) is 12.8 Å². The Morgan fingerprint density at radius 2 is 2.11 bits per heavy atom. The maximum absolute atomic E-state index is 4.68. The maximum Gasteiger partial charge on any atom is 0.180 e. The van der Waals surface area contributed by atoms with E-state index >= 15 is 0 Å². The molecule has 0 bridgehead atoms. The topological polar surface area (TPSA) is 42.2 Å². The fourth-order valence-electron chi connectivity index (χ4n) is 2.31. The van der Waals surface area contributed by atoms with Crippen LogP contribution in [-0.2, 0) is 0 Å². The molecule has 1 N–H and O–H groups in total. The molecule has 19 heavy (non-hydrogen) atoms. The lowest BCUT2D eigenvalue weighted by Crippen LogP contribution is -2.06. The van der Waals surface area contributed by atoms with Gasteiger partial charge in [-0.1, -0.05) is 31.9 Å². The second-order valence-electron chi connectivity index (χ2n) is 4.70. The molecule has 4 heteroatoms. The highest BCUT2D eigenvalue weighted by Crippen LogP contribution is 2.20. The maximum atomic E-state index is 4.68. The number of hydrogen-bond donors (Lipinski definition) is 1. The lowest BCUT2D eigenvalue weighted by Gasteiger charge is -2.09. The first-order valence-corrected chi connectivity index (χ1v) is 6.86. The number of nitrogens with zero attached hydrogens (tertiary/aromatic N) is 3. The summed E-state index contributed by atoms with van der Waals surface area (Å²) in [5, 5.41) is 3.41. The first-order valence-electron chi connectivity index (χ1n) is 6.86. The second kappa shape index (κ2) is 5.26. The van der Waals surface area contributed by atoms with Crippen LogP contribution in [-0.4, -0.2) is 20.9 Å². The third-order valence-corrected chi connectivity index (χ3v) is 3.30. The van der Waals surface area contributed by atoms with E-state index in [0.29, 0.717) is 0 Å². The number of hydrogen-bond acceptors (Lipinski definition) is 3. The molecule has 0 amide bonds. The van der Waals surface area contributed by atoms with Crippen molar-refractivity contribution < 1.29 is 0 Å². The van der Waals surface area contributed by atoms with E-state index in [4.69, 9.17) is 0 Å². The van der Waals surface area contributed by atoms with Gasteiger partial charge in [-0.2, -0.15) is 0 Å². The van der Waals surface area contributed by atoms with Crippen LogP contribution in [0.4, 0.5) is 5.82 Å². The summed E-state index contributed by atoms with van der Waals surface area (Å²) in [6, 6.07) is 8.14. The van der Waals surface area contributed by atoms with E-state index in [2.05, 4.69) is 32.7 Å². The predicted octanol–water partition coefficient (Wildman–Crippen LogP) is 3.48. The third-order valence-electron chi connectivity index (χ3n) is 3.30. The van der Waals surface area contributed by atoms with Crippen LogP contribution in [0.1, 0.15) is 26.2 Å². The molecule has 2 aromatic heterocycles. The summed E-state index contributed by atoms with van der Waals surface area (Å²) in [7, 11) is 0. The molecular formula is C15H18N4. The minimum absolute atomic E-state index is 0.875. The molecule has 0 aliphatic heterocycles. The van der Waals surface area contributed by atoms with Crippen molar-refractivity contribution in [2.45, 2.75) is 26.2 Å². The molecule has 0 radical (unpaired) electrons. The van der Waals surface area contributed by atoms with Gasteiger partial charge in [0.1, 0.15) is 0 Å². The number of aromatic nitrogens is 3. The summed E-state index contributed by atoms with van der Waals surface area (Å²) in [4.78, 5) is 9.08. The average molecular weight is 254 g/mol. The van der Waals surface area contributed by atoms with E-state index in [9.17, 15) is 0 Å². The molecular weight excluding hydrogens is 236 g/mol. The number of unbranched alkanes of at least 4 members (excludes halogenated alkanes) is 2. The van der Waals surface area contributed by atoms with E-state index in [1.807, 2.05) is 30.6 Å². The highest BCUT2D eigenvalue weighted by Gasteiger charge is 2.07. The van der Waals surface area contributed by atoms with Gasteiger partial charge in [0.2, 0.25) is 0 Å². The monoisotopic (exact) mass is 254 g/mol. The van der Waals surface area contributed by atoms with Gasteiger partial charge in [0.25, 0.3) is 0 Å². The normalized spacial score (nSPS) is 11.2. The van der Waals surface area contributed by atoms with Gasteiger partial charge in [-0.3, -0.25) is 4.40 Å². The summed E-state index contributed by atoms with van der Waals surface area (Å²) in [6.07, 6.45) is 7.44. The van der Waals surface area contributed by atoms with Gasteiger partial charge in [0.05, 0.1) is 11.0 Å². The standard InChI is InChI=1S/C15H18N4/c1-2-3-6-9-16-14-15-17-10-11-19(15)13-8-5-4-7-12(13)18-14/h4-5,7-8,10-11H,2-3,6,9H2,1H3,(H,16,18). The molecule has 2 heterocycles. The molecule has 4 nitrogen and oxygen atoms in total. The number of para-hydroxylation sites is 2. The van der Waals surface area contributed by atoms with Gasteiger partial charge in [0.15, 0.2) is 11.5 Å². The summed E-state index contributed by atoms with van der Waals surface area (Å²) in [6.45, 7) is 3.16. The smallest absolute Gasteiger partial charge is 0.180 e. The van der Waals surface area contributed by atoms with Gasteiger partial charge >= 0.3 is 0 Å². The SMILES string of the molecule is CCCCCNc1nc2ccccc2n2ccnc12. The number of rotatable bonds is 5. The van der Waals surface area contributed by atoms with E-state index < -0.39 is 0 Å². The van der Waals surface area contributed by atoms with Crippen molar-refractivity contribution >= 4 is 22.5 Å². The summed E-state index contributed by atoms with van der Waals surface area (Å²) in [5.41, 5.74) is 2.98. The average Bonchev–Trinajstić information content (AvgIpc) is 2.93. The molecule has 0 atom stereocenters. The molecule has 0 saturated heterocycles. The van der Waals surface area contributed by atoms with Gasteiger partial charge in [0, 0.05) is 18.9 Å². The lowest BCUT2D eigenvalue weighted by molar-refractivity contribution is 0.742. The van der Waals surface area contributed by atoms with E-state index in [0.717, 1.165) is 35.5 Å². The molecule has 0 spiro atoms. The Morgan fingerprint density at radius 1 is 1.21 bits per heavy atom. The third kappa shape index (κ3) is 2.26. The number of anilines is 1. The van der Waals surface area contributed by atoms with Gasteiger partial charge in [-0.25, -0.2) is 9.97 Å². The van der Waals surface area contributed by atoms with Crippen LogP contribution in [0.15, 0.2) is 36.7 Å². The fraction of sp³-hybridized carbons (Fsp3) is 0.333. The van der Waals surface area contributed by atoms with Crippen molar-refractivity contribution in [1.29, 1.82) is 0 Å². The van der Waals surface area contributed by atoms with Gasteiger partial charge in [-0.15, -0.1) is 0 Å². The summed E-state index contributed by atoms with van der Waals surface area (Å²) >= 11 is 0. The van der Waals surface area contributed by atoms with Crippen molar-refractivity contribution in [3.8, 4) is 0 Å². The van der Waals surface area contributed by atoms with Crippen molar-refractivity contribution in [2.75, 3.05) is 11.9 Å². The van der Waals surface area contributed by atoms with Crippen LogP contribution in [0.5, 0.6) is 0 Å². The Hall–Kier alpha value is -2.10. The number of imidazole rings is 1. The predicted molar refractivity (Wildman–Crippen MR) is 78.5 cm³/mol. The Morgan fingerprint density at radius 3 is 3.00 bits per heavy atom. The van der Waals surface area contributed by atoms with Crippen molar-refractivity contribution in [1.82, 2.24) is 14.4 Å². The summed E-state index contributed by atoms with van der Waals surface area (Å²) < 4.78 is 2.09. The zero-order valence-electron chi connectivity index (χ0n) is 11.1. The Balaban J connectivity index is 1.99. The Bertz CT molecular complexity index is 687. The molecule has 1 aromatic carbocycles. The zero-order chi connectivity index (χ0) is 13.1. The van der Waals surface area contributed by atoms with Crippen molar-refractivity contribution in [3.63, 3.8) is 0 Å². The van der Waals surface area contributed by atoms with E-state index in [1.54, 1.807) is 0 Å². The minimum Gasteiger partial charge on any atom is -0.367 e. The van der Waals surface area contributed by atoms with E-state index in [-0.39, 0.29) is 0 Å². The quantitative estimate of drug-likeness (QED) is 0.709. The molecule has 0 unspecified atom stereocenters. The Kier molecular flexibility index (Phi) is 3.31. The van der Waals surface area contributed by atoms with Gasteiger partial charge < -0.3 is 5.32 Å². The molecule has 0 aliphatic rings. The van der Waals surface area contributed by atoms with Crippen LogP contribution in [0, 0.1) is 0 Å². The molecule has 3 aromatic rings. The largest absolute Gasteiger partial charge is 0.367 e. The molecule has 0 aliphatic carbocycles. The number of nitrogens with one attached hydrogen (secondary N) is 1.